The molecule has 0 bridgehead atoms. The van der Waals surface area contributed by atoms with Gasteiger partial charge < -0.3 is 9.84 Å². The van der Waals surface area contributed by atoms with Crippen molar-refractivity contribution in [2.24, 2.45) is 0 Å². The summed E-state index contributed by atoms with van der Waals surface area (Å²) in [4.78, 5) is 12.3. The van der Waals surface area contributed by atoms with Crippen LogP contribution in [0, 0.1) is 6.92 Å². The summed E-state index contributed by atoms with van der Waals surface area (Å²) >= 11 is 0. The van der Waals surface area contributed by atoms with Gasteiger partial charge in [0.15, 0.2) is 0 Å². The number of fused-ring (bicyclic) bond motifs is 1. The Kier molecular flexibility index (Phi) is 4.22. The SMILES string of the molecule is COC(=O)c1ccc2c(c1-c1ccc(C)cc1)C(O)CCC2(C)C. The van der Waals surface area contributed by atoms with Gasteiger partial charge in [-0.3, -0.25) is 0 Å². The summed E-state index contributed by atoms with van der Waals surface area (Å²) in [6.07, 6.45) is 1.06. The largest absolute Gasteiger partial charge is 0.465 e. The van der Waals surface area contributed by atoms with Gasteiger partial charge in [0.25, 0.3) is 0 Å². The van der Waals surface area contributed by atoms with Crippen LogP contribution in [-0.2, 0) is 10.2 Å². The van der Waals surface area contributed by atoms with Crippen LogP contribution in [0.5, 0.6) is 0 Å². The fourth-order valence-electron chi connectivity index (χ4n) is 3.64. The lowest BCUT2D eigenvalue weighted by Crippen LogP contribution is -2.27. The molecule has 0 fully saturated rings. The Morgan fingerprint density at radius 2 is 1.83 bits per heavy atom. The number of hydrogen-bond donors (Lipinski definition) is 1. The van der Waals surface area contributed by atoms with Crippen LogP contribution in [0.25, 0.3) is 11.1 Å². The highest BCUT2D eigenvalue weighted by Crippen LogP contribution is 2.46. The first-order valence-electron chi connectivity index (χ1n) is 8.36. The lowest BCUT2D eigenvalue weighted by atomic mass is 9.69. The topological polar surface area (TPSA) is 46.5 Å². The van der Waals surface area contributed by atoms with E-state index in [4.69, 9.17) is 4.74 Å². The minimum atomic E-state index is -0.561. The van der Waals surface area contributed by atoms with Gasteiger partial charge in [0.2, 0.25) is 0 Å². The van der Waals surface area contributed by atoms with Crippen molar-refractivity contribution in [3.05, 3.63) is 58.7 Å². The number of benzene rings is 2. The molecule has 1 unspecified atom stereocenters. The fourth-order valence-corrected chi connectivity index (χ4v) is 3.64. The van der Waals surface area contributed by atoms with Crippen molar-refractivity contribution in [1.82, 2.24) is 0 Å². The molecule has 0 radical (unpaired) electrons. The molecule has 0 heterocycles. The van der Waals surface area contributed by atoms with Crippen molar-refractivity contribution >= 4 is 5.97 Å². The molecule has 2 aromatic carbocycles. The van der Waals surface area contributed by atoms with Gasteiger partial charge in [-0.1, -0.05) is 49.7 Å². The summed E-state index contributed by atoms with van der Waals surface area (Å²) < 4.78 is 4.98. The molecular formula is C21H24O3. The summed E-state index contributed by atoms with van der Waals surface area (Å²) in [6.45, 7) is 6.41. The van der Waals surface area contributed by atoms with E-state index in [0.717, 1.165) is 34.2 Å². The molecule has 1 aliphatic rings. The van der Waals surface area contributed by atoms with E-state index in [2.05, 4.69) is 13.8 Å². The number of ether oxygens (including phenoxy) is 1. The first-order chi connectivity index (χ1) is 11.3. The first-order valence-corrected chi connectivity index (χ1v) is 8.36. The fraction of sp³-hybridized carbons (Fsp3) is 0.381. The average Bonchev–Trinajstić information content (AvgIpc) is 2.57. The van der Waals surface area contributed by atoms with E-state index < -0.39 is 6.10 Å². The lowest BCUT2D eigenvalue weighted by molar-refractivity contribution is 0.0601. The van der Waals surface area contributed by atoms with Gasteiger partial charge in [-0.2, -0.15) is 0 Å². The zero-order chi connectivity index (χ0) is 17.5. The number of carbonyl (C=O) groups excluding carboxylic acids is 1. The smallest absolute Gasteiger partial charge is 0.338 e. The Hall–Kier alpha value is -2.13. The highest BCUT2D eigenvalue weighted by atomic mass is 16.5. The van der Waals surface area contributed by atoms with Gasteiger partial charge in [-0.15, -0.1) is 0 Å². The van der Waals surface area contributed by atoms with Crippen molar-refractivity contribution in [1.29, 1.82) is 0 Å². The Balaban J connectivity index is 2.34. The summed E-state index contributed by atoms with van der Waals surface area (Å²) in [5, 5.41) is 10.7. The molecule has 0 aromatic heterocycles. The van der Waals surface area contributed by atoms with Crippen LogP contribution in [0.15, 0.2) is 36.4 Å². The molecule has 0 aliphatic heterocycles. The van der Waals surface area contributed by atoms with E-state index in [1.807, 2.05) is 43.3 Å². The maximum absolute atomic E-state index is 12.3. The number of esters is 1. The number of methoxy groups -OCH3 is 1. The summed E-state index contributed by atoms with van der Waals surface area (Å²) in [5.41, 5.74) is 5.38. The minimum Gasteiger partial charge on any atom is -0.465 e. The number of aryl methyl sites for hydroxylation is 1. The molecular weight excluding hydrogens is 300 g/mol. The molecule has 3 nitrogen and oxygen atoms in total. The van der Waals surface area contributed by atoms with Gasteiger partial charge in [-0.05, 0) is 47.9 Å². The monoisotopic (exact) mass is 324 g/mol. The summed E-state index contributed by atoms with van der Waals surface area (Å²) in [7, 11) is 1.39. The first kappa shape index (κ1) is 16.7. The van der Waals surface area contributed by atoms with Crippen molar-refractivity contribution in [2.45, 2.75) is 45.1 Å². The maximum Gasteiger partial charge on any atom is 0.338 e. The third-order valence-electron chi connectivity index (χ3n) is 5.10. The highest BCUT2D eigenvalue weighted by Gasteiger charge is 2.35. The zero-order valence-electron chi connectivity index (χ0n) is 14.7. The number of carbonyl (C=O) groups is 1. The third-order valence-corrected chi connectivity index (χ3v) is 5.10. The molecule has 1 atom stereocenters. The Labute approximate surface area is 143 Å². The summed E-state index contributed by atoms with van der Waals surface area (Å²) in [6, 6.07) is 11.9. The standard InChI is InChI=1S/C21H24O3/c1-13-5-7-14(8-6-13)18-15(20(23)24-4)9-10-16-19(18)17(22)11-12-21(16,2)3/h5-10,17,22H,11-12H2,1-4H3. The van der Waals surface area contributed by atoms with Crippen LogP contribution in [0.3, 0.4) is 0 Å². The average molecular weight is 324 g/mol. The van der Waals surface area contributed by atoms with Crippen LogP contribution in [0.4, 0.5) is 0 Å². The van der Waals surface area contributed by atoms with Crippen LogP contribution in [0.2, 0.25) is 0 Å². The molecule has 2 aromatic rings. The van der Waals surface area contributed by atoms with Crippen LogP contribution in [-0.4, -0.2) is 18.2 Å². The maximum atomic E-state index is 12.3. The van der Waals surface area contributed by atoms with Crippen LogP contribution >= 0.6 is 0 Å². The van der Waals surface area contributed by atoms with Gasteiger partial charge in [0.05, 0.1) is 18.8 Å². The van der Waals surface area contributed by atoms with Crippen molar-refractivity contribution < 1.29 is 14.6 Å². The molecule has 0 saturated heterocycles. The molecule has 0 saturated carbocycles. The van der Waals surface area contributed by atoms with E-state index in [1.54, 1.807) is 0 Å². The lowest BCUT2D eigenvalue weighted by Gasteiger charge is -2.37. The molecule has 3 rings (SSSR count). The van der Waals surface area contributed by atoms with Crippen molar-refractivity contribution in [3.63, 3.8) is 0 Å². The van der Waals surface area contributed by atoms with E-state index >= 15 is 0 Å². The number of aliphatic hydroxyl groups excluding tert-OH is 1. The number of aliphatic hydroxyl groups is 1. The van der Waals surface area contributed by atoms with Crippen LogP contribution in [0.1, 0.15) is 59.8 Å². The quantitative estimate of drug-likeness (QED) is 0.824. The zero-order valence-corrected chi connectivity index (χ0v) is 14.7. The molecule has 1 aliphatic carbocycles. The van der Waals surface area contributed by atoms with E-state index in [1.165, 1.54) is 7.11 Å². The van der Waals surface area contributed by atoms with Crippen molar-refractivity contribution in [3.8, 4) is 11.1 Å². The molecule has 126 valence electrons. The normalized spacial score (nSPS) is 18.8. The predicted octanol–water partition coefficient (Wildman–Crippen LogP) is 4.55. The number of rotatable bonds is 2. The van der Waals surface area contributed by atoms with E-state index in [0.29, 0.717) is 12.0 Å². The highest BCUT2D eigenvalue weighted by molar-refractivity contribution is 5.98. The second kappa shape index (κ2) is 6.06. The second-order valence-electron chi connectivity index (χ2n) is 7.25. The van der Waals surface area contributed by atoms with Gasteiger partial charge in [-0.25, -0.2) is 4.79 Å². The molecule has 24 heavy (non-hydrogen) atoms. The Morgan fingerprint density at radius 3 is 2.46 bits per heavy atom. The Morgan fingerprint density at radius 1 is 1.17 bits per heavy atom. The number of hydrogen-bond acceptors (Lipinski definition) is 3. The van der Waals surface area contributed by atoms with Gasteiger partial charge in [0, 0.05) is 5.56 Å². The van der Waals surface area contributed by atoms with Gasteiger partial charge >= 0.3 is 5.97 Å². The summed E-state index contributed by atoms with van der Waals surface area (Å²) in [5.74, 6) is -0.371. The Bertz CT molecular complexity index is 772. The third kappa shape index (κ3) is 2.73. The second-order valence-corrected chi connectivity index (χ2v) is 7.25. The molecule has 3 heteroatoms. The molecule has 0 amide bonds. The van der Waals surface area contributed by atoms with Crippen LogP contribution < -0.4 is 0 Å². The predicted molar refractivity (Wildman–Crippen MR) is 95.2 cm³/mol. The minimum absolute atomic E-state index is 0.0251. The van der Waals surface area contributed by atoms with E-state index in [-0.39, 0.29) is 11.4 Å². The molecule has 0 spiro atoms. The van der Waals surface area contributed by atoms with Gasteiger partial charge in [0.1, 0.15) is 0 Å². The van der Waals surface area contributed by atoms with E-state index in [9.17, 15) is 9.90 Å². The van der Waals surface area contributed by atoms with Crippen molar-refractivity contribution in [2.75, 3.05) is 7.11 Å². The molecule has 1 N–H and O–H groups in total.